The second-order valence-electron chi connectivity index (χ2n) is 6.15. The Hall–Kier alpha value is -1.06. The van der Waals surface area contributed by atoms with Crippen LogP contribution in [0.2, 0.25) is 0 Å². The van der Waals surface area contributed by atoms with Crippen molar-refractivity contribution in [1.29, 1.82) is 0 Å². The number of hydrogen-bond acceptors (Lipinski definition) is 3. The van der Waals surface area contributed by atoms with E-state index in [9.17, 15) is 9.59 Å². The molecule has 1 N–H and O–H groups in total. The van der Waals surface area contributed by atoms with Gasteiger partial charge >= 0.3 is 6.09 Å². The topological polar surface area (TPSA) is 55.4 Å². The van der Waals surface area contributed by atoms with Gasteiger partial charge in [0.05, 0.1) is 0 Å². The fourth-order valence-corrected chi connectivity index (χ4v) is 1.89. The van der Waals surface area contributed by atoms with Crippen molar-refractivity contribution >= 4 is 12.4 Å². The van der Waals surface area contributed by atoms with Crippen molar-refractivity contribution < 1.29 is 14.3 Å². The van der Waals surface area contributed by atoms with Crippen LogP contribution in [0.25, 0.3) is 0 Å². The number of carbonyl (C=O) groups excluding carboxylic acids is 2. The van der Waals surface area contributed by atoms with Gasteiger partial charge in [-0.15, -0.1) is 0 Å². The van der Waals surface area contributed by atoms with E-state index < -0.39 is 5.60 Å². The molecule has 117 valence electrons. The third kappa shape index (κ3) is 15.0. The van der Waals surface area contributed by atoms with Crippen LogP contribution in [0.15, 0.2) is 0 Å². The molecule has 0 aromatic carbocycles. The minimum atomic E-state index is -0.425. The quantitative estimate of drug-likeness (QED) is 0.580. The minimum absolute atomic E-state index is 0.329. The van der Waals surface area contributed by atoms with Crippen molar-refractivity contribution in [3.05, 3.63) is 0 Å². The Morgan fingerprint density at radius 1 is 0.950 bits per heavy atom. The van der Waals surface area contributed by atoms with Gasteiger partial charge in [0.15, 0.2) is 6.29 Å². The van der Waals surface area contributed by atoms with Gasteiger partial charge in [0, 0.05) is 13.0 Å². The molecular formula is C16H30NO3. The van der Waals surface area contributed by atoms with Crippen molar-refractivity contribution in [2.75, 3.05) is 6.54 Å². The van der Waals surface area contributed by atoms with E-state index >= 15 is 0 Å². The van der Waals surface area contributed by atoms with Crippen molar-refractivity contribution in [3.63, 3.8) is 0 Å². The summed E-state index contributed by atoms with van der Waals surface area (Å²) in [6, 6.07) is 0. The highest BCUT2D eigenvalue weighted by Gasteiger charge is 2.15. The Labute approximate surface area is 123 Å². The van der Waals surface area contributed by atoms with E-state index in [1.165, 1.54) is 25.7 Å². The van der Waals surface area contributed by atoms with Crippen LogP contribution >= 0.6 is 0 Å². The first-order valence-corrected chi connectivity index (χ1v) is 7.77. The number of alkyl carbamates (subject to hydrolysis) is 1. The van der Waals surface area contributed by atoms with Gasteiger partial charge in [0.25, 0.3) is 0 Å². The second kappa shape index (κ2) is 11.7. The lowest BCUT2D eigenvalue weighted by Crippen LogP contribution is -2.32. The van der Waals surface area contributed by atoms with Gasteiger partial charge in [-0.1, -0.05) is 38.5 Å². The first-order chi connectivity index (χ1) is 9.45. The summed E-state index contributed by atoms with van der Waals surface area (Å²) in [6.07, 6.45) is 11.3. The number of ether oxygens (including phenoxy) is 1. The molecule has 1 amide bonds. The van der Waals surface area contributed by atoms with Crippen LogP contribution in [0.5, 0.6) is 0 Å². The second-order valence-corrected chi connectivity index (χ2v) is 6.15. The number of rotatable bonds is 11. The molecule has 0 aliphatic carbocycles. The predicted octanol–water partition coefficient (Wildman–Crippen LogP) is 4.13. The van der Waals surface area contributed by atoms with Gasteiger partial charge in [-0.2, -0.15) is 0 Å². The molecule has 0 fully saturated rings. The Bertz CT molecular complexity index is 259. The van der Waals surface area contributed by atoms with Crippen LogP contribution in [0.3, 0.4) is 0 Å². The molecule has 0 aromatic heterocycles. The molecule has 1 radical (unpaired) electrons. The van der Waals surface area contributed by atoms with Gasteiger partial charge in [0.2, 0.25) is 0 Å². The highest BCUT2D eigenvalue weighted by Crippen LogP contribution is 2.09. The van der Waals surface area contributed by atoms with Crippen molar-refractivity contribution in [1.82, 2.24) is 5.32 Å². The predicted molar refractivity (Wildman–Crippen MR) is 81.5 cm³/mol. The van der Waals surface area contributed by atoms with Crippen LogP contribution in [0.4, 0.5) is 4.79 Å². The molecule has 0 bridgehead atoms. The van der Waals surface area contributed by atoms with Crippen LogP contribution in [0.1, 0.15) is 78.6 Å². The lowest BCUT2D eigenvalue weighted by Gasteiger charge is -2.19. The van der Waals surface area contributed by atoms with E-state index in [-0.39, 0.29) is 6.09 Å². The lowest BCUT2D eigenvalue weighted by molar-refractivity contribution is 0.0527. The average Bonchev–Trinajstić information content (AvgIpc) is 2.34. The Morgan fingerprint density at radius 3 is 1.95 bits per heavy atom. The molecule has 0 rings (SSSR count). The summed E-state index contributed by atoms with van der Waals surface area (Å²) in [7, 11) is 0. The Morgan fingerprint density at radius 2 is 1.45 bits per heavy atom. The molecule has 4 nitrogen and oxygen atoms in total. The summed E-state index contributed by atoms with van der Waals surface area (Å²) in [5.41, 5.74) is -0.425. The maximum absolute atomic E-state index is 11.4. The number of carbonyl (C=O) groups is 1. The molecule has 0 saturated heterocycles. The lowest BCUT2D eigenvalue weighted by atomic mass is 10.1. The Kier molecular flexibility index (Phi) is 11.1. The van der Waals surface area contributed by atoms with Gasteiger partial charge in [-0.05, 0) is 33.6 Å². The van der Waals surface area contributed by atoms with Crippen LogP contribution in [0, 0.1) is 0 Å². The third-order valence-electron chi connectivity index (χ3n) is 2.87. The largest absolute Gasteiger partial charge is 0.444 e. The average molecular weight is 284 g/mol. The fraction of sp³-hybridized carbons (Fsp3) is 0.875. The maximum Gasteiger partial charge on any atom is 0.407 e. The third-order valence-corrected chi connectivity index (χ3v) is 2.87. The smallest absolute Gasteiger partial charge is 0.407 e. The molecule has 20 heavy (non-hydrogen) atoms. The van der Waals surface area contributed by atoms with E-state index in [0.717, 1.165) is 25.7 Å². The van der Waals surface area contributed by atoms with Gasteiger partial charge in [-0.25, -0.2) is 4.79 Å². The normalized spacial score (nSPS) is 11.2. The molecule has 0 saturated carbocycles. The van der Waals surface area contributed by atoms with Crippen molar-refractivity contribution in [2.24, 2.45) is 0 Å². The van der Waals surface area contributed by atoms with Crippen LogP contribution in [-0.2, 0) is 9.53 Å². The highest BCUT2D eigenvalue weighted by molar-refractivity contribution is 5.67. The van der Waals surface area contributed by atoms with Crippen molar-refractivity contribution in [2.45, 2.75) is 84.2 Å². The molecular weight excluding hydrogens is 254 g/mol. The maximum atomic E-state index is 11.4. The fourth-order valence-electron chi connectivity index (χ4n) is 1.89. The number of amides is 1. The van der Waals surface area contributed by atoms with E-state index in [1.807, 2.05) is 27.1 Å². The zero-order chi connectivity index (χ0) is 15.3. The molecule has 0 heterocycles. The van der Waals surface area contributed by atoms with E-state index in [2.05, 4.69) is 5.32 Å². The first-order valence-electron chi connectivity index (χ1n) is 7.77. The standard InChI is InChI=1S/C16H30NO3/c1-16(2,3)20-15(19)17-13-11-9-7-5-4-6-8-10-12-14-18/h4-13H2,1-3H3,(H,17,19). The zero-order valence-electron chi connectivity index (χ0n) is 13.3. The minimum Gasteiger partial charge on any atom is -0.444 e. The number of unbranched alkanes of at least 4 members (excludes halogenated alkanes) is 8. The van der Waals surface area contributed by atoms with Crippen molar-refractivity contribution in [3.8, 4) is 0 Å². The molecule has 0 aliphatic rings. The number of nitrogens with one attached hydrogen (secondary N) is 1. The summed E-state index contributed by atoms with van der Waals surface area (Å²) in [6.45, 7) is 6.27. The number of hydrogen-bond donors (Lipinski definition) is 1. The summed E-state index contributed by atoms with van der Waals surface area (Å²) in [5, 5.41) is 2.77. The summed E-state index contributed by atoms with van der Waals surface area (Å²) in [5.74, 6) is 0. The Balaban J connectivity index is 3.20. The summed E-state index contributed by atoms with van der Waals surface area (Å²) in [4.78, 5) is 21.4. The SMILES string of the molecule is CC(C)(C)OC(=O)NCCCCCCCCCC[C]=O. The first kappa shape index (κ1) is 18.9. The molecule has 0 aromatic rings. The summed E-state index contributed by atoms with van der Waals surface area (Å²) >= 11 is 0. The van der Waals surface area contributed by atoms with Gasteiger partial charge in [0.1, 0.15) is 5.60 Å². The summed E-state index contributed by atoms with van der Waals surface area (Å²) < 4.78 is 5.15. The van der Waals surface area contributed by atoms with Gasteiger partial charge < -0.3 is 10.1 Å². The monoisotopic (exact) mass is 284 g/mol. The van der Waals surface area contributed by atoms with Crippen LogP contribution in [-0.4, -0.2) is 24.5 Å². The van der Waals surface area contributed by atoms with E-state index in [4.69, 9.17) is 4.74 Å². The molecule has 4 heteroatoms. The molecule has 0 spiro atoms. The van der Waals surface area contributed by atoms with E-state index in [1.54, 1.807) is 0 Å². The van der Waals surface area contributed by atoms with Crippen LogP contribution < -0.4 is 5.32 Å². The van der Waals surface area contributed by atoms with E-state index in [0.29, 0.717) is 13.0 Å². The molecule has 0 aliphatic heterocycles. The molecule has 0 unspecified atom stereocenters. The molecule has 0 atom stereocenters. The zero-order valence-corrected chi connectivity index (χ0v) is 13.3. The highest BCUT2D eigenvalue weighted by atomic mass is 16.6. The van der Waals surface area contributed by atoms with Gasteiger partial charge in [-0.3, -0.25) is 4.79 Å².